The smallest absolute Gasteiger partial charge is 0.316 e. The van der Waals surface area contributed by atoms with E-state index in [2.05, 4.69) is 11.4 Å². The Hall–Kier alpha value is -0.830. The molecule has 17 heavy (non-hydrogen) atoms. The van der Waals surface area contributed by atoms with Gasteiger partial charge in [0, 0.05) is 6.04 Å². The van der Waals surface area contributed by atoms with Crippen molar-refractivity contribution in [1.29, 1.82) is 0 Å². The Morgan fingerprint density at radius 2 is 2.35 bits per heavy atom. The number of likely N-dealkylation sites (N-methyl/N-ethyl adjacent to an activating group) is 1. The normalized spacial score (nSPS) is 32.6. The highest BCUT2D eigenvalue weighted by molar-refractivity contribution is 5.81. The summed E-state index contributed by atoms with van der Waals surface area (Å²) in [6.07, 6.45) is 8.68. The van der Waals surface area contributed by atoms with Crippen LogP contribution in [0.2, 0.25) is 0 Å². The van der Waals surface area contributed by atoms with E-state index in [1.54, 1.807) is 0 Å². The molecule has 0 amide bonds. The second kappa shape index (κ2) is 5.21. The van der Waals surface area contributed by atoms with Crippen LogP contribution in [0, 0.1) is 5.41 Å². The van der Waals surface area contributed by atoms with Crippen molar-refractivity contribution in [3.8, 4) is 0 Å². The van der Waals surface area contributed by atoms with Crippen molar-refractivity contribution in [3.63, 3.8) is 0 Å². The van der Waals surface area contributed by atoms with Gasteiger partial charge in [-0.15, -0.1) is 0 Å². The first-order valence-electron chi connectivity index (χ1n) is 6.78. The van der Waals surface area contributed by atoms with E-state index >= 15 is 0 Å². The summed E-state index contributed by atoms with van der Waals surface area (Å²) in [5.74, 6) is 0.0144. The van der Waals surface area contributed by atoms with Crippen LogP contribution >= 0.6 is 0 Å². The molecule has 0 saturated heterocycles. The fourth-order valence-corrected chi connectivity index (χ4v) is 3.23. The molecular weight excluding hydrogens is 214 g/mol. The second-order valence-corrected chi connectivity index (χ2v) is 5.14. The average Bonchev–Trinajstić information content (AvgIpc) is 2.38. The minimum Gasteiger partial charge on any atom is -0.465 e. The number of hydrogen-bond acceptors (Lipinski definition) is 3. The number of esters is 1. The molecule has 3 heteroatoms. The summed E-state index contributed by atoms with van der Waals surface area (Å²) >= 11 is 0. The molecule has 2 atom stereocenters. The van der Waals surface area contributed by atoms with E-state index in [-0.39, 0.29) is 11.4 Å². The van der Waals surface area contributed by atoms with Gasteiger partial charge in [0.05, 0.1) is 12.0 Å². The molecule has 0 aliphatic heterocycles. The topological polar surface area (TPSA) is 38.3 Å². The fraction of sp³-hybridized carbons (Fsp3) is 0.786. The summed E-state index contributed by atoms with van der Waals surface area (Å²) < 4.78 is 5.31. The summed E-state index contributed by atoms with van der Waals surface area (Å²) in [5.41, 5.74) is 1.05. The van der Waals surface area contributed by atoms with Crippen LogP contribution in [0.5, 0.6) is 0 Å². The Kier molecular flexibility index (Phi) is 3.87. The van der Waals surface area contributed by atoms with E-state index in [0.717, 1.165) is 32.1 Å². The number of hydrogen-bond donors (Lipinski definition) is 1. The Morgan fingerprint density at radius 1 is 1.53 bits per heavy atom. The molecule has 1 N–H and O–H groups in total. The van der Waals surface area contributed by atoms with E-state index in [4.69, 9.17) is 4.74 Å². The van der Waals surface area contributed by atoms with Crippen molar-refractivity contribution < 1.29 is 9.53 Å². The van der Waals surface area contributed by atoms with Gasteiger partial charge in [-0.25, -0.2) is 0 Å². The van der Waals surface area contributed by atoms with E-state index < -0.39 is 0 Å². The van der Waals surface area contributed by atoms with Gasteiger partial charge in [0.25, 0.3) is 0 Å². The lowest BCUT2D eigenvalue weighted by Crippen LogP contribution is -2.42. The van der Waals surface area contributed by atoms with Crippen molar-refractivity contribution in [2.24, 2.45) is 5.41 Å². The summed E-state index contributed by atoms with van der Waals surface area (Å²) in [5, 5.41) is 3.30. The SMILES string of the molecule is CCOC(=O)C12CCCCC1=CC(NC)CC2. The van der Waals surface area contributed by atoms with Crippen LogP contribution in [0.4, 0.5) is 0 Å². The van der Waals surface area contributed by atoms with Crippen molar-refractivity contribution in [2.45, 2.75) is 51.5 Å². The molecule has 0 heterocycles. The fourth-order valence-electron chi connectivity index (χ4n) is 3.23. The molecule has 1 saturated carbocycles. The zero-order valence-corrected chi connectivity index (χ0v) is 10.9. The number of fused-ring (bicyclic) bond motifs is 1. The van der Waals surface area contributed by atoms with Crippen LogP contribution < -0.4 is 5.32 Å². The molecule has 2 rings (SSSR count). The van der Waals surface area contributed by atoms with Gasteiger partial charge in [-0.3, -0.25) is 4.79 Å². The molecule has 0 spiro atoms. The quantitative estimate of drug-likeness (QED) is 0.605. The van der Waals surface area contributed by atoms with Gasteiger partial charge in [-0.1, -0.05) is 18.1 Å². The first-order chi connectivity index (χ1) is 8.23. The van der Waals surface area contributed by atoms with E-state index in [1.807, 2.05) is 14.0 Å². The first kappa shape index (κ1) is 12.6. The third-order valence-electron chi connectivity index (χ3n) is 4.24. The Bertz CT molecular complexity index is 324. The largest absolute Gasteiger partial charge is 0.465 e. The van der Waals surface area contributed by atoms with Crippen molar-refractivity contribution in [1.82, 2.24) is 5.32 Å². The maximum absolute atomic E-state index is 12.3. The molecule has 0 radical (unpaired) electrons. The molecule has 96 valence electrons. The van der Waals surface area contributed by atoms with E-state index in [0.29, 0.717) is 12.6 Å². The van der Waals surface area contributed by atoms with E-state index in [9.17, 15) is 4.79 Å². The zero-order valence-electron chi connectivity index (χ0n) is 10.9. The van der Waals surface area contributed by atoms with Gasteiger partial charge >= 0.3 is 5.97 Å². The number of carbonyl (C=O) groups is 1. The second-order valence-electron chi connectivity index (χ2n) is 5.14. The molecule has 2 aliphatic rings. The van der Waals surface area contributed by atoms with E-state index in [1.165, 1.54) is 12.0 Å². The van der Waals surface area contributed by atoms with Gasteiger partial charge in [0.2, 0.25) is 0 Å². The number of nitrogens with one attached hydrogen (secondary N) is 1. The van der Waals surface area contributed by atoms with Crippen LogP contribution in [0.1, 0.15) is 45.4 Å². The Balaban J connectivity index is 2.25. The molecule has 3 nitrogen and oxygen atoms in total. The van der Waals surface area contributed by atoms with Gasteiger partial charge in [0.15, 0.2) is 0 Å². The number of rotatable bonds is 3. The van der Waals surface area contributed by atoms with Crippen molar-refractivity contribution >= 4 is 5.97 Å². The Labute approximate surface area is 104 Å². The van der Waals surface area contributed by atoms with Crippen LogP contribution in [0.25, 0.3) is 0 Å². The third kappa shape index (κ3) is 2.25. The standard InChI is InChI=1S/C14H23NO2/c1-3-17-13(16)14-8-5-4-6-11(14)10-12(15-2)7-9-14/h10,12,15H,3-9H2,1-2H3. The summed E-state index contributed by atoms with van der Waals surface area (Å²) in [6, 6.07) is 0.436. The predicted molar refractivity (Wildman–Crippen MR) is 67.7 cm³/mol. The van der Waals surface area contributed by atoms with Crippen molar-refractivity contribution in [3.05, 3.63) is 11.6 Å². The molecule has 2 unspecified atom stereocenters. The van der Waals surface area contributed by atoms with Gasteiger partial charge in [0.1, 0.15) is 0 Å². The lowest BCUT2D eigenvalue weighted by molar-refractivity contribution is -0.155. The van der Waals surface area contributed by atoms with Crippen molar-refractivity contribution in [2.75, 3.05) is 13.7 Å². The lowest BCUT2D eigenvalue weighted by Gasteiger charge is -2.41. The molecule has 0 aromatic rings. The van der Waals surface area contributed by atoms with Gasteiger partial charge in [-0.2, -0.15) is 0 Å². The summed E-state index contributed by atoms with van der Waals surface area (Å²) in [4.78, 5) is 12.3. The molecule has 0 aromatic heterocycles. The first-order valence-corrected chi connectivity index (χ1v) is 6.78. The molecule has 0 bridgehead atoms. The summed E-state index contributed by atoms with van der Waals surface area (Å²) in [7, 11) is 1.99. The average molecular weight is 237 g/mol. The summed E-state index contributed by atoms with van der Waals surface area (Å²) in [6.45, 7) is 2.38. The molecule has 0 aromatic carbocycles. The van der Waals surface area contributed by atoms with Gasteiger partial charge in [-0.05, 0) is 46.1 Å². The predicted octanol–water partition coefficient (Wildman–Crippen LogP) is 2.42. The van der Waals surface area contributed by atoms with Gasteiger partial charge < -0.3 is 10.1 Å². The number of ether oxygens (including phenoxy) is 1. The van der Waals surface area contributed by atoms with Crippen LogP contribution in [-0.2, 0) is 9.53 Å². The maximum Gasteiger partial charge on any atom is 0.316 e. The lowest BCUT2D eigenvalue weighted by atomic mass is 9.64. The zero-order chi connectivity index (χ0) is 12.3. The highest BCUT2D eigenvalue weighted by atomic mass is 16.5. The molecule has 1 fully saturated rings. The van der Waals surface area contributed by atoms with Crippen LogP contribution in [0.15, 0.2) is 11.6 Å². The minimum atomic E-state index is -0.276. The monoisotopic (exact) mass is 237 g/mol. The van der Waals surface area contributed by atoms with Crippen LogP contribution in [-0.4, -0.2) is 25.7 Å². The highest BCUT2D eigenvalue weighted by Crippen LogP contribution is 2.48. The third-order valence-corrected chi connectivity index (χ3v) is 4.24. The van der Waals surface area contributed by atoms with Crippen LogP contribution in [0.3, 0.4) is 0 Å². The minimum absolute atomic E-state index is 0.0144. The molecule has 2 aliphatic carbocycles. The number of carbonyl (C=O) groups excluding carboxylic acids is 1. The molecular formula is C14H23NO2. The highest BCUT2D eigenvalue weighted by Gasteiger charge is 2.46. The maximum atomic E-state index is 12.3. The Morgan fingerprint density at radius 3 is 3.06 bits per heavy atom.